The van der Waals surface area contributed by atoms with Crippen molar-refractivity contribution in [2.24, 2.45) is 0 Å². The number of anilines is 1. The number of alkyl carbamates (subject to hydrolysis) is 1. The number of nitrogens with one attached hydrogen (secondary N) is 2. The summed E-state index contributed by atoms with van der Waals surface area (Å²) in [7, 11) is 0. The van der Waals surface area contributed by atoms with Crippen LogP contribution in [0.3, 0.4) is 0 Å². The highest BCUT2D eigenvalue weighted by Gasteiger charge is 2.35. The molecular weight excluding hydrogens is 462 g/mol. The number of amides is 3. The molecule has 0 aromatic heterocycles. The number of thiol groups is 1. The molecule has 0 aliphatic heterocycles. The summed E-state index contributed by atoms with van der Waals surface area (Å²) in [5.41, 5.74) is 2.41. The Bertz CT molecular complexity index is 1030. The normalized spacial score (nSPS) is 12.7. The van der Waals surface area contributed by atoms with Gasteiger partial charge in [0.1, 0.15) is 17.7 Å². The molecule has 0 spiro atoms. The third-order valence-corrected chi connectivity index (χ3v) is 5.55. The summed E-state index contributed by atoms with van der Waals surface area (Å²) < 4.78 is 5.30. The SMILES string of the molecule is C=CCN(C(=O)C(CS)NC(=O)OC(C)(C)C)C(C(=O)Nc1c(C)cccc1C)c1ccccc1. The zero-order valence-electron chi connectivity index (χ0n) is 21.0. The first kappa shape index (κ1) is 28.0. The number of rotatable bonds is 9. The maximum Gasteiger partial charge on any atom is 0.408 e. The first-order valence-corrected chi connectivity index (χ1v) is 12.1. The van der Waals surface area contributed by atoms with Gasteiger partial charge in [0, 0.05) is 18.0 Å². The van der Waals surface area contributed by atoms with Gasteiger partial charge < -0.3 is 20.3 Å². The number of aryl methyl sites for hydroxylation is 2. The lowest BCUT2D eigenvalue weighted by molar-refractivity contribution is -0.139. The summed E-state index contributed by atoms with van der Waals surface area (Å²) in [6.45, 7) is 12.9. The molecule has 8 heteroatoms. The van der Waals surface area contributed by atoms with E-state index >= 15 is 0 Å². The zero-order chi connectivity index (χ0) is 26.2. The standard InChI is InChI=1S/C27H35N3O4S/c1-7-16-30(25(32)21(17-35)28-26(33)34-27(4,5)6)23(20-14-9-8-10-15-20)24(31)29-22-18(2)12-11-13-19(22)3/h7-15,21,23,35H,1,16-17H2,2-6H3,(H,28,33)(H,29,31). The van der Waals surface area contributed by atoms with Gasteiger partial charge in [-0.05, 0) is 51.3 Å². The highest BCUT2D eigenvalue weighted by atomic mass is 32.1. The first-order chi connectivity index (χ1) is 16.5. The van der Waals surface area contributed by atoms with E-state index in [9.17, 15) is 14.4 Å². The molecule has 0 aliphatic rings. The maximum absolute atomic E-state index is 13.7. The van der Waals surface area contributed by atoms with Gasteiger partial charge in [-0.15, -0.1) is 6.58 Å². The number of carbonyl (C=O) groups excluding carboxylic acids is 3. The number of para-hydroxylation sites is 1. The average molecular weight is 498 g/mol. The fourth-order valence-electron chi connectivity index (χ4n) is 3.61. The second-order valence-electron chi connectivity index (χ2n) is 9.23. The van der Waals surface area contributed by atoms with Crippen molar-refractivity contribution in [3.63, 3.8) is 0 Å². The molecule has 7 nitrogen and oxygen atoms in total. The van der Waals surface area contributed by atoms with Crippen molar-refractivity contribution in [3.05, 3.63) is 77.9 Å². The van der Waals surface area contributed by atoms with Crippen LogP contribution in [0.1, 0.15) is 43.5 Å². The molecule has 2 aromatic carbocycles. The molecule has 0 saturated carbocycles. The van der Waals surface area contributed by atoms with E-state index in [0.29, 0.717) is 11.3 Å². The predicted octanol–water partition coefficient (Wildman–Crippen LogP) is 4.82. The van der Waals surface area contributed by atoms with Crippen molar-refractivity contribution in [3.8, 4) is 0 Å². The Hall–Kier alpha value is -3.26. The van der Waals surface area contributed by atoms with Crippen molar-refractivity contribution in [2.45, 2.75) is 52.3 Å². The number of hydrogen-bond acceptors (Lipinski definition) is 5. The van der Waals surface area contributed by atoms with Crippen molar-refractivity contribution in [1.29, 1.82) is 0 Å². The lowest BCUT2D eigenvalue weighted by Crippen LogP contribution is -2.53. The topological polar surface area (TPSA) is 87.7 Å². The molecule has 188 valence electrons. The minimum atomic E-state index is -1.01. The second-order valence-corrected chi connectivity index (χ2v) is 9.60. The van der Waals surface area contributed by atoms with Gasteiger partial charge in [0.05, 0.1) is 0 Å². The summed E-state index contributed by atoms with van der Waals surface area (Å²) >= 11 is 4.27. The Kier molecular flexibility index (Phi) is 9.95. The zero-order valence-corrected chi connectivity index (χ0v) is 21.9. The van der Waals surface area contributed by atoms with Crippen LogP contribution < -0.4 is 10.6 Å². The van der Waals surface area contributed by atoms with Crippen LogP contribution in [0.15, 0.2) is 61.2 Å². The number of hydrogen-bond donors (Lipinski definition) is 3. The van der Waals surface area contributed by atoms with Gasteiger partial charge >= 0.3 is 6.09 Å². The van der Waals surface area contributed by atoms with Crippen LogP contribution in [0, 0.1) is 13.8 Å². The largest absolute Gasteiger partial charge is 0.444 e. The van der Waals surface area contributed by atoms with Gasteiger partial charge in [-0.3, -0.25) is 9.59 Å². The van der Waals surface area contributed by atoms with E-state index in [-0.39, 0.29) is 18.2 Å². The van der Waals surface area contributed by atoms with E-state index in [0.717, 1.165) is 11.1 Å². The molecule has 0 bridgehead atoms. The number of carbonyl (C=O) groups is 3. The van der Waals surface area contributed by atoms with Crippen molar-refractivity contribution in [1.82, 2.24) is 10.2 Å². The first-order valence-electron chi connectivity index (χ1n) is 11.4. The molecule has 2 unspecified atom stereocenters. The molecule has 0 fully saturated rings. The Morgan fingerprint density at radius 1 is 1.06 bits per heavy atom. The summed E-state index contributed by atoms with van der Waals surface area (Å²) in [6, 6.07) is 12.8. The van der Waals surface area contributed by atoms with E-state index in [1.165, 1.54) is 4.90 Å². The molecule has 2 rings (SSSR count). The van der Waals surface area contributed by atoms with Crippen LogP contribution >= 0.6 is 12.6 Å². The highest BCUT2D eigenvalue weighted by molar-refractivity contribution is 7.80. The number of nitrogens with zero attached hydrogens (tertiary/aromatic N) is 1. The fraction of sp³-hybridized carbons (Fsp3) is 0.370. The Morgan fingerprint density at radius 2 is 1.66 bits per heavy atom. The van der Waals surface area contributed by atoms with E-state index in [2.05, 4.69) is 29.8 Å². The molecule has 2 atom stereocenters. The van der Waals surface area contributed by atoms with Crippen molar-refractivity contribution < 1.29 is 19.1 Å². The molecular formula is C27H35N3O4S. The maximum atomic E-state index is 13.7. The fourth-order valence-corrected chi connectivity index (χ4v) is 3.86. The molecule has 2 N–H and O–H groups in total. The van der Waals surface area contributed by atoms with Crippen LogP contribution in [0.25, 0.3) is 0 Å². The number of benzene rings is 2. The van der Waals surface area contributed by atoms with Gasteiger partial charge in [0.15, 0.2) is 0 Å². The summed E-state index contributed by atoms with van der Waals surface area (Å²) in [6.07, 6.45) is 0.808. The average Bonchev–Trinajstić information content (AvgIpc) is 2.78. The lowest BCUT2D eigenvalue weighted by atomic mass is 10.0. The predicted molar refractivity (Wildman–Crippen MR) is 143 cm³/mol. The third kappa shape index (κ3) is 7.89. The quantitative estimate of drug-likeness (QED) is 0.342. The molecule has 3 amide bonds. The molecule has 0 radical (unpaired) electrons. The van der Waals surface area contributed by atoms with Gasteiger partial charge in [-0.2, -0.15) is 12.6 Å². The molecule has 0 saturated heterocycles. The Morgan fingerprint density at radius 3 is 2.17 bits per heavy atom. The highest BCUT2D eigenvalue weighted by Crippen LogP contribution is 2.27. The van der Waals surface area contributed by atoms with Crippen molar-refractivity contribution in [2.75, 3.05) is 17.6 Å². The van der Waals surface area contributed by atoms with Crippen LogP contribution in [-0.4, -0.2) is 46.7 Å². The van der Waals surface area contributed by atoms with Gasteiger partial charge in [-0.1, -0.05) is 54.6 Å². The van der Waals surface area contributed by atoms with Crippen LogP contribution in [0.4, 0.5) is 10.5 Å². The molecule has 0 heterocycles. The Labute approximate surface area is 213 Å². The van der Waals surface area contributed by atoms with Gasteiger partial charge in [0.2, 0.25) is 5.91 Å². The minimum Gasteiger partial charge on any atom is -0.444 e. The summed E-state index contributed by atoms with van der Waals surface area (Å²) in [4.78, 5) is 41.1. The third-order valence-electron chi connectivity index (χ3n) is 5.19. The van der Waals surface area contributed by atoms with Gasteiger partial charge in [-0.25, -0.2) is 4.79 Å². The lowest BCUT2D eigenvalue weighted by Gasteiger charge is -2.33. The van der Waals surface area contributed by atoms with E-state index in [4.69, 9.17) is 4.74 Å². The smallest absolute Gasteiger partial charge is 0.408 e. The second kappa shape index (κ2) is 12.4. The van der Waals surface area contributed by atoms with Crippen molar-refractivity contribution >= 4 is 36.2 Å². The van der Waals surface area contributed by atoms with Gasteiger partial charge in [0.25, 0.3) is 5.91 Å². The Balaban J connectivity index is 2.44. The van der Waals surface area contributed by atoms with Crippen LogP contribution in [0.5, 0.6) is 0 Å². The van der Waals surface area contributed by atoms with Crippen LogP contribution in [0.2, 0.25) is 0 Å². The molecule has 35 heavy (non-hydrogen) atoms. The van der Waals surface area contributed by atoms with E-state index < -0.39 is 29.7 Å². The molecule has 2 aromatic rings. The summed E-state index contributed by atoms with van der Waals surface area (Å²) in [5, 5.41) is 5.58. The van der Waals surface area contributed by atoms with E-state index in [1.807, 2.05) is 38.1 Å². The van der Waals surface area contributed by atoms with Crippen LogP contribution in [-0.2, 0) is 14.3 Å². The monoisotopic (exact) mass is 497 g/mol. The number of ether oxygens (including phenoxy) is 1. The summed E-state index contributed by atoms with van der Waals surface area (Å²) in [5.74, 6) is -0.832. The van der Waals surface area contributed by atoms with E-state index in [1.54, 1.807) is 51.1 Å². The minimum absolute atomic E-state index is 0.0196. The molecule has 0 aliphatic carbocycles.